The molecule has 110 valence electrons. The highest BCUT2D eigenvalue weighted by molar-refractivity contribution is 6.30. The van der Waals surface area contributed by atoms with Gasteiger partial charge in [0.05, 0.1) is 16.9 Å². The van der Waals surface area contributed by atoms with E-state index in [0.29, 0.717) is 0 Å². The topological polar surface area (TPSA) is 71.3 Å². The van der Waals surface area contributed by atoms with Crippen LogP contribution in [0.3, 0.4) is 0 Å². The maximum absolute atomic E-state index is 13.8. The van der Waals surface area contributed by atoms with Gasteiger partial charge >= 0.3 is 5.97 Å². The minimum atomic E-state index is -1.22. The molecule has 5 nitrogen and oxygen atoms in total. The van der Waals surface area contributed by atoms with Crippen LogP contribution in [-0.2, 0) is 7.05 Å². The fourth-order valence-electron chi connectivity index (χ4n) is 1.94. The number of hydrogen-bond donors (Lipinski definition) is 2. The van der Waals surface area contributed by atoms with E-state index in [9.17, 15) is 19.1 Å². The van der Waals surface area contributed by atoms with Crippen LogP contribution in [0.1, 0.15) is 15.9 Å². The Morgan fingerprint density at radius 3 is 2.67 bits per heavy atom. The molecule has 0 aliphatic heterocycles. The van der Waals surface area contributed by atoms with Crippen LogP contribution in [0.4, 0.5) is 15.8 Å². The van der Waals surface area contributed by atoms with Crippen molar-refractivity contribution in [1.29, 1.82) is 0 Å². The van der Waals surface area contributed by atoms with E-state index in [4.69, 9.17) is 11.6 Å². The number of halogens is 2. The van der Waals surface area contributed by atoms with E-state index in [2.05, 4.69) is 5.32 Å². The number of aryl methyl sites for hydroxylation is 1. The predicted octanol–water partition coefficient (Wildman–Crippen LogP) is 2.93. The number of pyridine rings is 1. The third-order valence-electron chi connectivity index (χ3n) is 3.03. The Balaban J connectivity index is 2.60. The molecule has 0 unspecified atom stereocenters. The number of nitrogens with zero attached hydrogens (tertiary/aromatic N) is 1. The molecule has 1 heterocycles. The fourth-order valence-corrected chi connectivity index (χ4v) is 2.10. The Labute approximate surface area is 124 Å². The number of aromatic nitrogens is 1. The van der Waals surface area contributed by atoms with E-state index in [1.165, 1.54) is 36.9 Å². The summed E-state index contributed by atoms with van der Waals surface area (Å²) < 4.78 is 15.0. The second-order valence-corrected chi connectivity index (χ2v) is 4.95. The predicted molar refractivity (Wildman–Crippen MR) is 78.1 cm³/mol. The summed E-state index contributed by atoms with van der Waals surface area (Å²) in [6, 6.07) is 3.94. The summed E-state index contributed by atoms with van der Waals surface area (Å²) in [5.74, 6) is -1.86. The van der Waals surface area contributed by atoms with Crippen molar-refractivity contribution in [3.8, 4) is 0 Å². The molecule has 0 saturated carbocycles. The molecule has 0 fully saturated rings. The summed E-state index contributed by atoms with van der Waals surface area (Å²) in [7, 11) is 1.45. The number of carboxylic acid groups (broad SMARTS) is 1. The van der Waals surface area contributed by atoms with Gasteiger partial charge in [-0.25, -0.2) is 9.18 Å². The lowest BCUT2D eigenvalue weighted by Crippen LogP contribution is -2.23. The Bertz CT molecular complexity index is 787. The third-order valence-corrected chi connectivity index (χ3v) is 3.26. The van der Waals surface area contributed by atoms with E-state index < -0.39 is 11.8 Å². The highest BCUT2D eigenvalue weighted by Gasteiger charge is 2.17. The molecule has 7 heteroatoms. The summed E-state index contributed by atoms with van der Waals surface area (Å²) in [5.41, 5.74) is -0.197. The maximum atomic E-state index is 13.8. The van der Waals surface area contributed by atoms with Gasteiger partial charge in [0.25, 0.3) is 5.56 Å². The van der Waals surface area contributed by atoms with Crippen molar-refractivity contribution in [3.63, 3.8) is 0 Å². The minimum Gasteiger partial charge on any atom is -0.478 e. The van der Waals surface area contributed by atoms with Gasteiger partial charge in [-0.15, -0.1) is 0 Å². The van der Waals surface area contributed by atoms with Crippen molar-refractivity contribution in [2.24, 2.45) is 7.05 Å². The van der Waals surface area contributed by atoms with Crippen molar-refractivity contribution >= 4 is 28.9 Å². The number of nitrogens with one attached hydrogen (secondary N) is 1. The first-order valence-corrected chi connectivity index (χ1v) is 6.34. The van der Waals surface area contributed by atoms with Crippen LogP contribution in [-0.4, -0.2) is 15.6 Å². The Morgan fingerprint density at radius 1 is 1.43 bits per heavy atom. The number of hydrogen-bond acceptors (Lipinski definition) is 3. The first-order valence-electron chi connectivity index (χ1n) is 5.97. The third kappa shape index (κ3) is 2.90. The number of carbonyl (C=O) groups is 1. The lowest BCUT2D eigenvalue weighted by molar-refractivity contribution is 0.0697. The van der Waals surface area contributed by atoms with Crippen molar-refractivity contribution < 1.29 is 14.3 Å². The summed E-state index contributed by atoms with van der Waals surface area (Å²) >= 11 is 5.66. The van der Waals surface area contributed by atoms with Crippen LogP contribution < -0.4 is 10.9 Å². The molecule has 0 radical (unpaired) electrons. The number of rotatable bonds is 3. The molecule has 1 aromatic carbocycles. The van der Waals surface area contributed by atoms with Crippen molar-refractivity contribution in [2.45, 2.75) is 6.92 Å². The zero-order valence-electron chi connectivity index (χ0n) is 11.3. The van der Waals surface area contributed by atoms with Crippen LogP contribution in [0.2, 0.25) is 5.02 Å². The first-order chi connectivity index (χ1) is 9.81. The van der Waals surface area contributed by atoms with Crippen LogP contribution in [0.25, 0.3) is 0 Å². The number of benzene rings is 1. The molecule has 0 atom stereocenters. The lowest BCUT2D eigenvalue weighted by Gasteiger charge is -2.14. The second kappa shape index (κ2) is 5.57. The van der Waals surface area contributed by atoms with Gasteiger partial charge < -0.3 is 15.0 Å². The quantitative estimate of drug-likeness (QED) is 0.914. The Morgan fingerprint density at radius 2 is 2.10 bits per heavy atom. The van der Waals surface area contributed by atoms with Gasteiger partial charge in [-0.2, -0.15) is 0 Å². The second-order valence-electron chi connectivity index (χ2n) is 4.51. The van der Waals surface area contributed by atoms with Gasteiger partial charge in [0.2, 0.25) is 0 Å². The highest BCUT2D eigenvalue weighted by Crippen LogP contribution is 2.26. The zero-order chi connectivity index (χ0) is 15.7. The molecule has 0 bridgehead atoms. The molecule has 0 aliphatic carbocycles. The van der Waals surface area contributed by atoms with E-state index >= 15 is 0 Å². The van der Waals surface area contributed by atoms with E-state index in [0.717, 1.165) is 6.07 Å². The van der Waals surface area contributed by atoms with Gasteiger partial charge in [-0.3, -0.25) is 4.79 Å². The Kier molecular flexibility index (Phi) is 3.99. The summed E-state index contributed by atoms with van der Waals surface area (Å²) in [4.78, 5) is 23.2. The molecule has 2 aromatic rings. The van der Waals surface area contributed by atoms with Gasteiger partial charge in [0.1, 0.15) is 5.82 Å². The highest BCUT2D eigenvalue weighted by atomic mass is 35.5. The van der Waals surface area contributed by atoms with Gasteiger partial charge in [0, 0.05) is 23.8 Å². The largest absolute Gasteiger partial charge is 0.478 e. The molecular formula is C14H12ClFN2O3. The molecule has 1 aromatic heterocycles. The van der Waals surface area contributed by atoms with Crippen molar-refractivity contribution in [1.82, 2.24) is 4.57 Å². The molecule has 0 aliphatic rings. The van der Waals surface area contributed by atoms with E-state index in [1.54, 1.807) is 0 Å². The SMILES string of the molecule is Cc1c(Nc2ccc(Cl)cc2F)c(C(=O)O)cn(C)c1=O. The number of anilines is 2. The van der Waals surface area contributed by atoms with Crippen LogP contribution >= 0.6 is 11.6 Å². The zero-order valence-corrected chi connectivity index (χ0v) is 12.0. The van der Waals surface area contributed by atoms with E-state index in [1.807, 2.05) is 0 Å². The summed E-state index contributed by atoms with van der Waals surface area (Å²) in [6.07, 6.45) is 1.19. The average molecular weight is 311 g/mol. The standard InChI is InChI=1S/C14H12ClFN2O3/c1-7-12(9(14(20)21)6-18(2)13(7)19)17-11-4-3-8(15)5-10(11)16/h3-6,17H,1-2H3,(H,20,21). The van der Waals surface area contributed by atoms with Crippen LogP contribution in [0.5, 0.6) is 0 Å². The molecule has 0 spiro atoms. The molecule has 0 saturated heterocycles. The van der Waals surface area contributed by atoms with Gasteiger partial charge in [0.15, 0.2) is 0 Å². The fraction of sp³-hybridized carbons (Fsp3) is 0.143. The number of aromatic carboxylic acids is 1. The van der Waals surface area contributed by atoms with Crippen molar-refractivity contribution in [3.05, 3.63) is 56.7 Å². The molecular weight excluding hydrogens is 299 g/mol. The Hall–Kier alpha value is -2.34. The summed E-state index contributed by atoms with van der Waals surface area (Å²) in [6.45, 7) is 1.48. The number of carboxylic acids is 1. The van der Waals surface area contributed by atoms with Crippen molar-refractivity contribution in [2.75, 3.05) is 5.32 Å². The van der Waals surface area contributed by atoms with Crippen LogP contribution in [0.15, 0.2) is 29.2 Å². The lowest BCUT2D eigenvalue weighted by atomic mass is 10.1. The van der Waals surface area contributed by atoms with E-state index in [-0.39, 0.29) is 33.1 Å². The van der Waals surface area contributed by atoms with Gasteiger partial charge in [-0.1, -0.05) is 11.6 Å². The minimum absolute atomic E-state index is 0.0400. The summed E-state index contributed by atoms with van der Waals surface area (Å²) in [5, 5.41) is 12.1. The van der Waals surface area contributed by atoms with Crippen LogP contribution in [0, 0.1) is 12.7 Å². The molecule has 0 amide bonds. The smallest absolute Gasteiger partial charge is 0.339 e. The first kappa shape index (κ1) is 15.1. The molecule has 2 N–H and O–H groups in total. The monoisotopic (exact) mass is 310 g/mol. The van der Waals surface area contributed by atoms with Gasteiger partial charge in [-0.05, 0) is 25.1 Å². The molecule has 21 heavy (non-hydrogen) atoms. The average Bonchev–Trinajstić information content (AvgIpc) is 2.41. The molecule has 2 rings (SSSR count). The normalized spacial score (nSPS) is 10.5. The maximum Gasteiger partial charge on any atom is 0.339 e.